The van der Waals surface area contributed by atoms with Crippen LogP contribution < -0.4 is 5.43 Å². The predicted octanol–water partition coefficient (Wildman–Crippen LogP) is 4.33. The third-order valence-electron chi connectivity index (χ3n) is 4.01. The first-order valence-electron chi connectivity index (χ1n) is 8.03. The van der Waals surface area contributed by atoms with Crippen molar-refractivity contribution >= 4 is 28.1 Å². The number of carbonyl (C=O) groups excluding carboxylic acids is 1. The lowest BCUT2D eigenvalue weighted by Gasteiger charge is -2.11. The van der Waals surface area contributed by atoms with E-state index in [1.54, 1.807) is 24.4 Å². The number of aromatic hydroxyl groups is 1. The zero-order valence-corrected chi connectivity index (χ0v) is 16.0. The number of amides is 1. The molecule has 1 aromatic heterocycles. The van der Waals surface area contributed by atoms with Crippen molar-refractivity contribution in [3.05, 3.63) is 81.6 Å². The number of rotatable bonds is 4. The Kier molecular flexibility index (Phi) is 5.23. The number of phenols is 1. The van der Waals surface area contributed by atoms with Gasteiger partial charge in [-0.3, -0.25) is 4.79 Å². The molecule has 6 heteroatoms. The van der Waals surface area contributed by atoms with E-state index in [-0.39, 0.29) is 11.3 Å². The Morgan fingerprint density at radius 1 is 1.08 bits per heavy atom. The summed E-state index contributed by atoms with van der Waals surface area (Å²) < 4.78 is 2.98. The Morgan fingerprint density at radius 2 is 1.73 bits per heavy atom. The monoisotopic (exact) mass is 411 g/mol. The summed E-state index contributed by atoms with van der Waals surface area (Å²) in [7, 11) is 0. The molecule has 0 aliphatic heterocycles. The average molecular weight is 412 g/mol. The summed E-state index contributed by atoms with van der Waals surface area (Å²) in [6.07, 6.45) is 1.54. The molecule has 26 heavy (non-hydrogen) atoms. The number of nitrogens with one attached hydrogen (secondary N) is 1. The molecule has 0 spiro atoms. The Bertz CT molecular complexity index is 956. The summed E-state index contributed by atoms with van der Waals surface area (Å²) in [5.74, 6) is -0.560. The topological polar surface area (TPSA) is 66.6 Å². The van der Waals surface area contributed by atoms with Crippen LogP contribution in [0.25, 0.3) is 5.69 Å². The molecule has 3 rings (SSSR count). The van der Waals surface area contributed by atoms with Crippen LogP contribution in [0.15, 0.2) is 64.2 Å². The van der Waals surface area contributed by atoms with E-state index in [4.69, 9.17) is 0 Å². The van der Waals surface area contributed by atoms with Gasteiger partial charge in [-0.2, -0.15) is 5.10 Å². The molecule has 0 unspecified atom stereocenters. The molecule has 3 aromatic rings. The minimum atomic E-state index is -0.469. The van der Waals surface area contributed by atoms with Gasteiger partial charge in [0.15, 0.2) is 0 Å². The first kappa shape index (κ1) is 17.9. The minimum Gasteiger partial charge on any atom is -0.507 e. The molecule has 0 atom stereocenters. The van der Waals surface area contributed by atoms with Crippen molar-refractivity contribution in [2.75, 3.05) is 0 Å². The van der Waals surface area contributed by atoms with E-state index in [2.05, 4.69) is 26.5 Å². The largest absolute Gasteiger partial charge is 0.507 e. The summed E-state index contributed by atoms with van der Waals surface area (Å²) in [5, 5.41) is 14.2. The summed E-state index contributed by atoms with van der Waals surface area (Å²) >= 11 is 3.36. The van der Waals surface area contributed by atoms with Crippen molar-refractivity contribution in [3.63, 3.8) is 0 Å². The lowest BCUT2D eigenvalue weighted by molar-refractivity contribution is 0.0952. The summed E-state index contributed by atoms with van der Waals surface area (Å²) in [4.78, 5) is 12.2. The maximum Gasteiger partial charge on any atom is 0.275 e. The number of nitrogens with zero attached hydrogens (tertiary/aromatic N) is 2. The molecule has 0 radical (unpaired) electrons. The van der Waals surface area contributed by atoms with Crippen molar-refractivity contribution < 1.29 is 9.90 Å². The molecular formula is C20H18BrN3O2. The summed E-state index contributed by atoms with van der Waals surface area (Å²) in [6.45, 7) is 3.98. The molecule has 0 fully saturated rings. The Morgan fingerprint density at radius 3 is 2.35 bits per heavy atom. The number of phenolic OH excluding ortho intramolecular Hbond substituents is 1. The lowest BCUT2D eigenvalue weighted by atomic mass is 10.1. The third kappa shape index (κ3) is 3.86. The predicted molar refractivity (Wildman–Crippen MR) is 106 cm³/mol. The highest BCUT2D eigenvalue weighted by atomic mass is 79.9. The highest BCUT2D eigenvalue weighted by Gasteiger charge is 2.13. The van der Waals surface area contributed by atoms with Gasteiger partial charge in [0.25, 0.3) is 5.91 Å². The summed E-state index contributed by atoms with van der Waals surface area (Å²) in [5.41, 5.74) is 6.37. The average Bonchev–Trinajstić information content (AvgIpc) is 2.95. The number of hydrogen-bond donors (Lipinski definition) is 2. The molecule has 0 aliphatic carbocycles. The Labute approximate surface area is 160 Å². The molecule has 2 aromatic carbocycles. The maximum absolute atomic E-state index is 12.2. The van der Waals surface area contributed by atoms with Gasteiger partial charge in [0, 0.05) is 27.6 Å². The van der Waals surface area contributed by atoms with E-state index < -0.39 is 5.91 Å². The molecule has 5 nitrogen and oxygen atoms in total. The van der Waals surface area contributed by atoms with Crippen LogP contribution in [-0.2, 0) is 0 Å². The number of carbonyl (C=O) groups is 1. The lowest BCUT2D eigenvalue weighted by Crippen LogP contribution is -2.18. The van der Waals surface area contributed by atoms with Gasteiger partial charge >= 0.3 is 0 Å². The van der Waals surface area contributed by atoms with E-state index in [0.717, 1.165) is 27.1 Å². The van der Waals surface area contributed by atoms with Crippen LogP contribution in [0.3, 0.4) is 0 Å². The molecule has 1 heterocycles. The fourth-order valence-electron chi connectivity index (χ4n) is 2.70. The van der Waals surface area contributed by atoms with Crippen LogP contribution in [-0.4, -0.2) is 21.8 Å². The van der Waals surface area contributed by atoms with Crippen LogP contribution in [0.5, 0.6) is 5.75 Å². The number of hydrazone groups is 1. The standard InChI is InChI=1S/C20H18BrN3O2/c1-13-3-4-14(2)24(13)17-9-10-18(19(25)11-17)20(26)23-22-12-15-5-7-16(21)8-6-15/h3-12,25H,1-2H3,(H,23,26)/b22-12-. The molecule has 0 aliphatic rings. The molecule has 0 saturated carbocycles. The van der Waals surface area contributed by atoms with Crippen molar-refractivity contribution in [1.29, 1.82) is 0 Å². The second kappa shape index (κ2) is 7.58. The van der Waals surface area contributed by atoms with Crippen molar-refractivity contribution in [2.24, 2.45) is 5.10 Å². The van der Waals surface area contributed by atoms with Crippen LogP contribution >= 0.6 is 15.9 Å². The van der Waals surface area contributed by atoms with Crippen molar-refractivity contribution in [3.8, 4) is 11.4 Å². The van der Waals surface area contributed by atoms with Crippen LogP contribution in [0.2, 0.25) is 0 Å². The van der Waals surface area contributed by atoms with Crippen LogP contribution in [0, 0.1) is 13.8 Å². The zero-order valence-electron chi connectivity index (χ0n) is 14.4. The second-order valence-corrected chi connectivity index (χ2v) is 6.82. The number of hydrogen-bond acceptors (Lipinski definition) is 3. The van der Waals surface area contributed by atoms with Gasteiger partial charge in [-0.25, -0.2) is 5.43 Å². The fraction of sp³-hybridized carbons (Fsp3) is 0.100. The van der Waals surface area contributed by atoms with Crippen molar-refractivity contribution in [1.82, 2.24) is 9.99 Å². The van der Waals surface area contributed by atoms with E-state index in [1.807, 2.05) is 54.8 Å². The molecule has 132 valence electrons. The first-order valence-corrected chi connectivity index (χ1v) is 8.82. The van der Waals surface area contributed by atoms with E-state index in [1.165, 1.54) is 0 Å². The fourth-order valence-corrected chi connectivity index (χ4v) is 2.97. The van der Waals surface area contributed by atoms with E-state index in [0.29, 0.717) is 0 Å². The van der Waals surface area contributed by atoms with Gasteiger partial charge < -0.3 is 9.67 Å². The van der Waals surface area contributed by atoms with Crippen LogP contribution in [0.1, 0.15) is 27.3 Å². The minimum absolute atomic E-state index is 0.0914. The third-order valence-corrected chi connectivity index (χ3v) is 4.53. The van der Waals surface area contributed by atoms with Gasteiger partial charge in [-0.15, -0.1) is 0 Å². The Hall–Kier alpha value is -2.86. The molecular weight excluding hydrogens is 394 g/mol. The molecule has 2 N–H and O–H groups in total. The first-order chi connectivity index (χ1) is 12.5. The smallest absolute Gasteiger partial charge is 0.275 e. The van der Waals surface area contributed by atoms with Gasteiger partial charge in [0.05, 0.1) is 11.8 Å². The number of halogens is 1. The van der Waals surface area contributed by atoms with Crippen molar-refractivity contribution in [2.45, 2.75) is 13.8 Å². The van der Waals surface area contributed by atoms with Gasteiger partial charge in [0.1, 0.15) is 5.75 Å². The highest BCUT2D eigenvalue weighted by molar-refractivity contribution is 9.10. The highest BCUT2D eigenvalue weighted by Crippen LogP contribution is 2.24. The van der Waals surface area contributed by atoms with Gasteiger partial charge in [0.2, 0.25) is 0 Å². The van der Waals surface area contributed by atoms with E-state index >= 15 is 0 Å². The summed E-state index contributed by atoms with van der Waals surface area (Å²) in [6, 6.07) is 16.5. The van der Waals surface area contributed by atoms with Gasteiger partial charge in [-0.05, 0) is 55.8 Å². The quantitative estimate of drug-likeness (QED) is 0.495. The number of aromatic nitrogens is 1. The number of benzene rings is 2. The number of aryl methyl sites for hydroxylation is 2. The molecule has 0 bridgehead atoms. The van der Waals surface area contributed by atoms with E-state index in [9.17, 15) is 9.90 Å². The normalized spacial score (nSPS) is 11.0. The SMILES string of the molecule is Cc1ccc(C)n1-c1ccc(C(=O)N/N=C\c2ccc(Br)cc2)c(O)c1. The van der Waals surface area contributed by atoms with Crippen LogP contribution in [0.4, 0.5) is 0 Å². The van der Waals surface area contributed by atoms with Gasteiger partial charge in [-0.1, -0.05) is 28.1 Å². The second-order valence-electron chi connectivity index (χ2n) is 5.90. The Balaban J connectivity index is 1.75. The zero-order chi connectivity index (χ0) is 18.7. The maximum atomic E-state index is 12.2. The molecule has 1 amide bonds. The molecule has 0 saturated heterocycles.